The second-order valence-electron chi connectivity index (χ2n) is 6.84. The molecule has 7 nitrogen and oxygen atoms in total. The Kier molecular flexibility index (Phi) is 6.03. The summed E-state index contributed by atoms with van der Waals surface area (Å²) in [5.74, 6) is 0. The minimum atomic E-state index is -0.455. The van der Waals surface area contributed by atoms with Crippen LogP contribution in [0.3, 0.4) is 0 Å². The van der Waals surface area contributed by atoms with Gasteiger partial charge < -0.3 is 10.2 Å². The van der Waals surface area contributed by atoms with E-state index < -0.39 is 4.92 Å². The molecule has 142 valence electrons. The van der Waals surface area contributed by atoms with Gasteiger partial charge in [-0.2, -0.15) is 0 Å². The number of rotatable bonds is 4. The number of carbonyl (C=O) groups excluding carboxylic acids is 1. The van der Waals surface area contributed by atoms with Crippen LogP contribution in [0.2, 0.25) is 0 Å². The SMILES string of the molecule is Cc1cccc(CN2CCCN(C(=O)Nc3ccc([N+](=O)[O-])cc3)CC2)c1. The second kappa shape index (κ2) is 8.64. The Morgan fingerprint density at radius 1 is 1.11 bits per heavy atom. The zero-order valence-electron chi connectivity index (χ0n) is 15.4. The number of aryl methyl sites for hydroxylation is 1. The minimum Gasteiger partial charge on any atom is -0.323 e. The predicted octanol–water partition coefficient (Wildman–Crippen LogP) is 3.64. The van der Waals surface area contributed by atoms with E-state index in [1.807, 2.05) is 0 Å². The van der Waals surface area contributed by atoms with Crippen molar-refractivity contribution in [2.24, 2.45) is 0 Å². The number of anilines is 1. The van der Waals surface area contributed by atoms with E-state index in [-0.39, 0.29) is 11.7 Å². The first-order valence-corrected chi connectivity index (χ1v) is 9.09. The Bertz CT molecular complexity index is 807. The van der Waals surface area contributed by atoms with Gasteiger partial charge in [0, 0.05) is 50.5 Å². The van der Waals surface area contributed by atoms with Crippen LogP contribution < -0.4 is 5.32 Å². The Labute approximate surface area is 158 Å². The van der Waals surface area contributed by atoms with Gasteiger partial charge in [-0.3, -0.25) is 15.0 Å². The maximum atomic E-state index is 12.5. The van der Waals surface area contributed by atoms with Crippen molar-refractivity contribution >= 4 is 17.4 Å². The van der Waals surface area contributed by atoms with Gasteiger partial charge in [-0.25, -0.2) is 4.79 Å². The van der Waals surface area contributed by atoms with Gasteiger partial charge >= 0.3 is 6.03 Å². The average Bonchev–Trinajstić information content (AvgIpc) is 2.88. The Hall–Kier alpha value is -2.93. The lowest BCUT2D eigenvalue weighted by Crippen LogP contribution is -2.38. The third-order valence-corrected chi connectivity index (χ3v) is 4.69. The van der Waals surface area contributed by atoms with Gasteiger partial charge in [-0.1, -0.05) is 29.8 Å². The fourth-order valence-corrected chi connectivity index (χ4v) is 3.27. The number of benzene rings is 2. The normalized spacial score (nSPS) is 15.2. The Balaban J connectivity index is 1.53. The van der Waals surface area contributed by atoms with Crippen molar-refractivity contribution in [3.63, 3.8) is 0 Å². The van der Waals surface area contributed by atoms with Crippen LogP contribution in [0.25, 0.3) is 0 Å². The highest BCUT2D eigenvalue weighted by molar-refractivity contribution is 5.89. The molecule has 1 aliphatic rings. The van der Waals surface area contributed by atoms with Crippen molar-refractivity contribution in [3.8, 4) is 0 Å². The maximum absolute atomic E-state index is 12.5. The van der Waals surface area contributed by atoms with E-state index in [9.17, 15) is 14.9 Å². The summed E-state index contributed by atoms with van der Waals surface area (Å²) < 4.78 is 0. The quantitative estimate of drug-likeness (QED) is 0.660. The molecule has 0 atom stereocenters. The van der Waals surface area contributed by atoms with Crippen LogP contribution in [0.1, 0.15) is 17.5 Å². The molecule has 0 radical (unpaired) electrons. The molecule has 0 aliphatic carbocycles. The number of non-ortho nitro benzene ring substituents is 1. The standard InChI is InChI=1S/C20H24N4O3/c1-16-4-2-5-17(14-16)15-22-10-3-11-23(13-12-22)20(25)21-18-6-8-19(9-7-18)24(26)27/h2,4-9,14H,3,10-13,15H2,1H3,(H,21,25). The number of hydrogen-bond acceptors (Lipinski definition) is 4. The molecular formula is C20H24N4O3. The van der Waals surface area contributed by atoms with E-state index in [0.717, 1.165) is 26.1 Å². The molecule has 1 saturated heterocycles. The fraction of sp³-hybridized carbons (Fsp3) is 0.350. The summed E-state index contributed by atoms with van der Waals surface area (Å²) in [6.07, 6.45) is 0.916. The summed E-state index contributed by atoms with van der Waals surface area (Å²) in [4.78, 5) is 26.9. The molecule has 2 aromatic rings. The molecule has 0 aromatic heterocycles. The molecule has 0 bridgehead atoms. The number of nitrogens with zero attached hydrogens (tertiary/aromatic N) is 3. The molecular weight excluding hydrogens is 344 g/mol. The summed E-state index contributed by atoms with van der Waals surface area (Å²) in [6.45, 7) is 6.11. The number of nitro groups is 1. The molecule has 2 aromatic carbocycles. The number of amides is 2. The minimum absolute atomic E-state index is 0.00885. The van der Waals surface area contributed by atoms with Crippen LogP contribution in [-0.2, 0) is 6.54 Å². The van der Waals surface area contributed by atoms with Gasteiger partial charge in [-0.15, -0.1) is 0 Å². The zero-order chi connectivity index (χ0) is 19.2. The van der Waals surface area contributed by atoms with Crippen molar-refractivity contribution in [2.45, 2.75) is 19.9 Å². The molecule has 27 heavy (non-hydrogen) atoms. The number of nitro benzene ring substituents is 1. The Morgan fingerprint density at radius 3 is 2.59 bits per heavy atom. The Morgan fingerprint density at radius 2 is 1.89 bits per heavy atom. The van der Waals surface area contributed by atoms with Gasteiger partial charge in [0.2, 0.25) is 0 Å². The fourth-order valence-electron chi connectivity index (χ4n) is 3.27. The first kappa shape index (κ1) is 18.8. The van der Waals surface area contributed by atoms with Crippen molar-refractivity contribution < 1.29 is 9.72 Å². The number of nitrogens with one attached hydrogen (secondary N) is 1. The second-order valence-corrected chi connectivity index (χ2v) is 6.84. The highest BCUT2D eigenvalue weighted by Gasteiger charge is 2.19. The van der Waals surface area contributed by atoms with Gasteiger partial charge in [-0.05, 0) is 31.0 Å². The average molecular weight is 368 g/mol. The van der Waals surface area contributed by atoms with E-state index in [1.165, 1.54) is 23.3 Å². The highest BCUT2D eigenvalue weighted by atomic mass is 16.6. The monoisotopic (exact) mass is 368 g/mol. The van der Waals surface area contributed by atoms with E-state index in [4.69, 9.17) is 0 Å². The molecule has 3 rings (SSSR count). The molecule has 2 amide bonds. The molecule has 1 aliphatic heterocycles. The van der Waals surface area contributed by atoms with Gasteiger partial charge in [0.1, 0.15) is 0 Å². The molecule has 7 heteroatoms. The molecule has 1 heterocycles. The van der Waals surface area contributed by atoms with Crippen LogP contribution in [0.5, 0.6) is 0 Å². The number of carbonyl (C=O) groups is 1. The van der Waals surface area contributed by atoms with Crippen LogP contribution in [0.15, 0.2) is 48.5 Å². The van der Waals surface area contributed by atoms with Crippen molar-refractivity contribution in [2.75, 3.05) is 31.5 Å². The molecule has 0 spiro atoms. The molecule has 1 N–H and O–H groups in total. The van der Waals surface area contributed by atoms with Gasteiger partial charge in [0.05, 0.1) is 4.92 Å². The lowest BCUT2D eigenvalue weighted by Gasteiger charge is -2.22. The van der Waals surface area contributed by atoms with E-state index in [2.05, 4.69) is 41.4 Å². The topological polar surface area (TPSA) is 78.7 Å². The first-order valence-electron chi connectivity index (χ1n) is 9.09. The summed E-state index contributed by atoms with van der Waals surface area (Å²) in [6, 6.07) is 14.2. The summed E-state index contributed by atoms with van der Waals surface area (Å²) in [5.41, 5.74) is 3.12. The van der Waals surface area contributed by atoms with Crippen LogP contribution in [0, 0.1) is 17.0 Å². The maximum Gasteiger partial charge on any atom is 0.321 e. The first-order chi connectivity index (χ1) is 13.0. The van der Waals surface area contributed by atoms with E-state index >= 15 is 0 Å². The van der Waals surface area contributed by atoms with Crippen LogP contribution in [-0.4, -0.2) is 46.9 Å². The summed E-state index contributed by atoms with van der Waals surface area (Å²) in [7, 11) is 0. The van der Waals surface area contributed by atoms with E-state index in [0.29, 0.717) is 18.8 Å². The lowest BCUT2D eigenvalue weighted by molar-refractivity contribution is -0.384. The number of urea groups is 1. The van der Waals surface area contributed by atoms with Crippen molar-refractivity contribution in [1.82, 2.24) is 9.80 Å². The third kappa shape index (κ3) is 5.27. The van der Waals surface area contributed by atoms with Crippen molar-refractivity contribution in [1.29, 1.82) is 0 Å². The molecule has 0 unspecified atom stereocenters. The van der Waals surface area contributed by atoms with Crippen molar-refractivity contribution in [3.05, 3.63) is 69.8 Å². The van der Waals surface area contributed by atoms with Gasteiger partial charge in [0.15, 0.2) is 0 Å². The summed E-state index contributed by atoms with van der Waals surface area (Å²) in [5, 5.41) is 13.5. The largest absolute Gasteiger partial charge is 0.323 e. The number of hydrogen-bond donors (Lipinski definition) is 1. The smallest absolute Gasteiger partial charge is 0.321 e. The predicted molar refractivity (Wildman–Crippen MR) is 105 cm³/mol. The van der Waals surface area contributed by atoms with Crippen LogP contribution in [0.4, 0.5) is 16.2 Å². The highest BCUT2D eigenvalue weighted by Crippen LogP contribution is 2.16. The van der Waals surface area contributed by atoms with E-state index in [1.54, 1.807) is 17.0 Å². The van der Waals surface area contributed by atoms with Gasteiger partial charge in [0.25, 0.3) is 5.69 Å². The molecule has 0 saturated carbocycles. The summed E-state index contributed by atoms with van der Waals surface area (Å²) >= 11 is 0. The zero-order valence-corrected chi connectivity index (χ0v) is 15.4. The third-order valence-electron chi connectivity index (χ3n) is 4.69. The molecule has 1 fully saturated rings. The lowest BCUT2D eigenvalue weighted by atomic mass is 10.1. The van der Waals surface area contributed by atoms with Crippen LogP contribution >= 0.6 is 0 Å².